The molecule has 6 heteroatoms. The van der Waals surface area contributed by atoms with Gasteiger partial charge in [0.05, 0.1) is 24.4 Å². The van der Waals surface area contributed by atoms with Gasteiger partial charge in [-0.15, -0.1) is 0 Å². The van der Waals surface area contributed by atoms with Crippen molar-refractivity contribution in [2.45, 2.75) is 32.0 Å². The second-order valence-electron chi connectivity index (χ2n) is 6.25. The van der Waals surface area contributed by atoms with E-state index in [2.05, 4.69) is 58.0 Å². The number of aromatic nitrogens is 2. The van der Waals surface area contributed by atoms with E-state index in [4.69, 9.17) is 17.0 Å². The number of nitrogens with zero attached hydrogens (tertiary/aromatic N) is 3. The quantitative estimate of drug-likeness (QED) is 0.816. The van der Waals surface area contributed by atoms with E-state index < -0.39 is 0 Å². The van der Waals surface area contributed by atoms with Crippen LogP contribution in [-0.2, 0) is 4.74 Å². The second kappa shape index (κ2) is 7.32. The molecule has 0 aliphatic carbocycles. The summed E-state index contributed by atoms with van der Waals surface area (Å²) in [5, 5.41) is 4.21. The van der Waals surface area contributed by atoms with Gasteiger partial charge in [-0.2, -0.15) is 0 Å². The molecule has 128 valence electrons. The van der Waals surface area contributed by atoms with Crippen LogP contribution in [0.3, 0.4) is 0 Å². The minimum absolute atomic E-state index is 0.0305. The molecule has 1 fully saturated rings. The summed E-state index contributed by atoms with van der Waals surface area (Å²) in [5.74, 6) is 0. The van der Waals surface area contributed by atoms with Crippen molar-refractivity contribution in [2.24, 2.45) is 0 Å². The summed E-state index contributed by atoms with van der Waals surface area (Å²) in [5.41, 5.74) is 2.24. The molecule has 0 unspecified atom stereocenters. The summed E-state index contributed by atoms with van der Waals surface area (Å²) in [6.45, 7) is 5.77. The van der Waals surface area contributed by atoms with Crippen LogP contribution in [0, 0.1) is 0 Å². The van der Waals surface area contributed by atoms with Gasteiger partial charge in [-0.3, -0.25) is 4.98 Å². The lowest BCUT2D eigenvalue weighted by molar-refractivity contribution is 0.162. The number of ether oxygens (including phenoxy) is 1. The second-order valence-corrected chi connectivity index (χ2v) is 6.63. The molecule has 2 atom stereocenters. The molecule has 5 nitrogen and oxygen atoms in total. The van der Waals surface area contributed by atoms with Crippen molar-refractivity contribution < 1.29 is 4.74 Å². The monoisotopic (exact) mass is 344 g/mol. The topological polar surface area (TPSA) is 42.3 Å². The van der Waals surface area contributed by atoms with Crippen LogP contribution in [0.2, 0.25) is 0 Å². The Morgan fingerprint density at radius 3 is 2.79 bits per heavy atom. The van der Waals surface area contributed by atoms with Crippen molar-refractivity contribution in [3.8, 4) is 0 Å². The Hall–Kier alpha value is -1.92. The Morgan fingerprint density at radius 1 is 1.29 bits per heavy atom. The third-order valence-electron chi connectivity index (χ3n) is 4.41. The average Bonchev–Trinajstić information content (AvgIpc) is 3.18. The fraction of sp³-hybridized carbons (Fsp3) is 0.444. The summed E-state index contributed by atoms with van der Waals surface area (Å²) >= 11 is 5.61. The fourth-order valence-electron chi connectivity index (χ4n) is 3.29. The number of thiocarbonyl (C=S) groups is 1. The first-order chi connectivity index (χ1) is 11.6. The van der Waals surface area contributed by atoms with Gasteiger partial charge in [0.1, 0.15) is 0 Å². The predicted octanol–water partition coefficient (Wildman–Crippen LogP) is 3.08. The van der Waals surface area contributed by atoms with Crippen LogP contribution in [-0.4, -0.2) is 39.8 Å². The molecule has 1 N–H and O–H groups in total. The highest BCUT2D eigenvalue weighted by atomic mass is 32.1. The largest absolute Gasteiger partial charge is 0.383 e. The van der Waals surface area contributed by atoms with Crippen LogP contribution >= 0.6 is 12.2 Å². The van der Waals surface area contributed by atoms with Crippen LogP contribution < -0.4 is 5.32 Å². The van der Waals surface area contributed by atoms with Crippen LogP contribution in [0.5, 0.6) is 0 Å². The van der Waals surface area contributed by atoms with Crippen molar-refractivity contribution in [1.29, 1.82) is 0 Å². The fourth-order valence-corrected chi connectivity index (χ4v) is 3.62. The summed E-state index contributed by atoms with van der Waals surface area (Å²) in [7, 11) is 1.72. The van der Waals surface area contributed by atoms with E-state index in [1.54, 1.807) is 7.11 Å². The van der Waals surface area contributed by atoms with Gasteiger partial charge in [-0.1, -0.05) is 6.07 Å². The van der Waals surface area contributed by atoms with E-state index in [-0.39, 0.29) is 12.1 Å². The van der Waals surface area contributed by atoms with E-state index in [0.29, 0.717) is 12.6 Å². The highest BCUT2D eigenvalue weighted by Crippen LogP contribution is 2.39. The molecular weight excluding hydrogens is 320 g/mol. The number of hydrogen-bond acceptors (Lipinski definition) is 3. The van der Waals surface area contributed by atoms with Gasteiger partial charge in [0.2, 0.25) is 0 Å². The van der Waals surface area contributed by atoms with E-state index in [1.807, 2.05) is 18.3 Å². The molecule has 1 saturated heterocycles. The number of nitrogens with one attached hydrogen (secondary N) is 1. The van der Waals surface area contributed by atoms with Gasteiger partial charge in [-0.05, 0) is 50.3 Å². The average molecular weight is 344 g/mol. The Labute approximate surface area is 148 Å². The third-order valence-corrected chi connectivity index (χ3v) is 4.76. The van der Waals surface area contributed by atoms with Gasteiger partial charge in [0, 0.05) is 37.8 Å². The minimum Gasteiger partial charge on any atom is -0.383 e. The maximum absolute atomic E-state index is 5.61. The first-order valence-electron chi connectivity index (χ1n) is 8.27. The Kier molecular flexibility index (Phi) is 5.16. The van der Waals surface area contributed by atoms with Gasteiger partial charge < -0.3 is 19.5 Å². The summed E-state index contributed by atoms with van der Waals surface area (Å²) in [4.78, 5) is 6.77. The van der Waals surface area contributed by atoms with Crippen molar-refractivity contribution in [2.75, 3.05) is 20.3 Å². The molecule has 1 aliphatic heterocycles. The number of hydrogen-bond donors (Lipinski definition) is 1. The van der Waals surface area contributed by atoms with Crippen molar-refractivity contribution in [3.05, 3.63) is 54.1 Å². The predicted molar refractivity (Wildman–Crippen MR) is 98.9 cm³/mol. The maximum Gasteiger partial charge on any atom is 0.170 e. The van der Waals surface area contributed by atoms with E-state index in [0.717, 1.165) is 17.4 Å². The van der Waals surface area contributed by atoms with E-state index >= 15 is 0 Å². The van der Waals surface area contributed by atoms with Crippen molar-refractivity contribution in [3.63, 3.8) is 0 Å². The normalized spacial score (nSPS) is 20.7. The first kappa shape index (κ1) is 16.9. The van der Waals surface area contributed by atoms with Gasteiger partial charge in [0.15, 0.2) is 5.11 Å². The Bertz CT molecular complexity index is 685. The zero-order valence-electron chi connectivity index (χ0n) is 14.3. The zero-order chi connectivity index (χ0) is 17.1. The number of methoxy groups -OCH3 is 1. The lowest BCUT2D eigenvalue weighted by Gasteiger charge is -2.29. The molecule has 2 aromatic heterocycles. The van der Waals surface area contributed by atoms with Crippen LogP contribution in [0.4, 0.5) is 0 Å². The molecule has 3 rings (SSSR count). The smallest absolute Gasteiger partial charge is 0.170 e. The van der Waals surface area contributed by atoms with Crippen molar-refractivity contribution >= 4 is 17.3 Å². The minimum atomic E-state index is 0.0305. The van der Waals surface area contributed by atoms with Crippen LogP contribution in [0.25, 0.3) is 0 Å². The summed E-state index contributed by atoms with van der Waals surface area (Å²) in [6.07, 6.45) is 3.96. The third kappa shape index (κ3) is 3.16. The highest BCUT2D eigenvalue weighted by molar-refractivity contribution is 7.80. The standard InChI is InChI=1S/C18H24N4OS/c1-13(2)21-10-6-8-15(21)17-16(14-7-4-5-9-19-14)20-18(24)22(17)11-12-23-3/h4-10,13,16-17H,11-12H2,1-3H3,(H,20,24)/t16-,17-/m0/s1. The van der Waals surface area contributed by atoms with Gasteiger partial charge in [0.25, 0.3) is 0 Å². The van der Waals surface area contributed by atoms with E-state index in [9.17, 15) is 0 Å². The molecule has 0 bridgehead atoms. The molecule has 0 saturated carbocycles. The summed E-state index contributed by atoms with van der Waals surface area (Å²) in [6, 6.07) is 10.8. The van der Waals surface area contributed by atoms with E-state index in [1.165, 1.54) is 5.69 Å². The SMILES string of the molecule is COCCN1C(=S)N[C@@H](c2ccccn2)[C@@H]1c1cccn1C(C)C. The molecule has 0 radical (unpaired) electrons. The molecule has 24 heavy (non-hydrogen) atoms. The van der Waals surface area contributed by atoms with Crippen molar-refractivity contribution in [1.82, 2.24) is 19.8 Å². The molecule has 2 aromatic rings. The molecule has 0 amide bonds. The van der Waals surface area contributed by atoms with Crippen LogP contribution in [0.15, 0.2) is 42.7 Å². The summed E-state index contributed by atoms with van der Waals surface area (Å²) < 4.78 is 7.59. The molecule has 0 spiro atoms. The Morgan fingerprint density at radius 2 is 2.12 bits per heavy atom. The first-order valence-corrected chi connectivity index (χ1v) is 8.68. The lowest BCUT2D eigenvalue weighted by Crippen LogP contribution is -2.33. The number of rotatable bonds is 6. The zero-order valence-corrected chi connectivity index (χ0v) is 15.2. The molecular formula is C18H24N4OS. The maximum atomic E-state index is 5.61. The van der Waals surface area contributed by atoms with Crippen LogP contribution in [0.1, 0.15) is 43.4 Å². The molecule has 0 aromatic carbocycles. The number of pyridine rings is 1. The molecule has 3 heterocycles. The molecule has 1 aliphatic rings. The van der Waals surface area contributed by atoms with Gasteiger partial charge in [-0.25, -0.2) is 0 Å². The van der Waals surface area contributed by atoms with Gasteiger partial charge >= 0.3 is 0 Å². The lowest BCUT2D eigenvalue weighted by atomic mass is 10.0. The highest BCUT2D eigenvalue weighted by Gasteiger charge is 2.40. The Balaban J connectivity index is 2.02.